The first-order valence-corrected chi connectivity index (χ1v) is 7.10. The molecule has 1 aliphatic rings. The largest absolute Gasteiger partial charge is 0.330 e. The van der Waals surface area contributed by atoms with Crippen molar-refractivity contribution in [2.45, 2.75) is 32.7 Å². The van der Waals surface area contributed by atoms with E-state index in [9.17, 15) is 0 Å². The summed E-state index contributed by atoms with van der Waals surface area (Å²) in [6.45, 7) is 6.04. The maximum absolute atomic E-state index is 6.28. The van der Waals surface area contributed by atoms with Crippen LogP contribution >= 0.6 is 11.6 Å². The van der Waals surface area contributed by atoms with Crippen molar-refractivity contribution in [2.75, 3.05) is 19.6 Å². The van der Waals surface area contributed by atoms with Crippen molar-refractivity contribution in [3.8, 4) is 0 Å². The van der Waals surface area contributed by atoms with Crippen LogP contribution in [0.5, 0.6) is 0 Å². The number of nitrogens with zero attached hydrogens (tertiary/aromatic N) is 3. The first-order valence-electron chi connectivity index (χ1n) is 6.72. The van der Waals surface area contributed by atoms with E-state index in [0.717, 1.165) is 49.4 Å². The summed E-state index contributed by atoms with van der Waals surface area (Å²) in [6.07, 6.45) is 3.71. The molecule has 1 fully saturated rings. The Morgan fingerprint density at radius 3 is 2.89 bits per heavy atom. The third kappa shape index (κ3) is 3.05. The van der Waals surface area contributed by atoms with Gasteiger partial charge in [0.25, 0.3) is 0 Å². The summed E-state index contributed by atoms with van der Waals surface area (Å²) >= 11 is 6.28. The average Bonchev–Trinajstić information content (AvgIpc) is 2.57. The first-order chi connectivity index (χ1) is 8.61. The molecule has 0 amide bonds. The van der Waals surface area contributed by atoms with E-state index < -0.39 is 0 Å². The number of rotatable bonds is 4. The van der Waals surface area contributed by atoms with Gasteiger partial charge in [0.05, 0.1) is 5.69 Å². The molecule has 1 atom stereocenters. The monoisotopic (exact) mass is 270 g/mol. The first kappa shape index (κ1) is 13.8. The van der Waals surface area contributed by atoms with Crippen molar-refractivity contribution < 1.29 is 0 Å². The molecule has 0 aliphatic carbocycles. The van der Waals surface area contributed by atoms with E-state index in [1.54, 1.807) is 4.68 Å². The molecule has 18 heavy (non-hydrogen) atoms. The average molecular weight is 271 g/mol. The van der Waals surface area contributed by atoms with Crippen LogP contribution in [0.1, 0.15) is 30.5 Å². The molecule has 0 bridgehead atoms. The van der Waals surface area contributed by atoms with Crippen LogP contribution in [0.2, 0.25) is 5.15 Å². The van der Waals surface area contributed by atoms with E-state index in [4.69, 9.17) is 17.3 Å². The molecule has 0 aromatic carbocycles. The van der Waals surface area contributed by atoms with E-state index in [1.807, 2.05) is 14.0 Å². The van der Waals surface area contributed by atoms with Crippen LogP contribution in [0.15, 0.2) is 0 Å². The van der Waals surface area contributed by atoms with Gasteiger partial charge in [0, 0.05) is 25.7 Å². The van der Waals surface area contributed by atoms with Crippen molar-refractivity contribution in [1.82, 2.24) is 14.7 Å². The Hall–Kier alpha value is -0.580. The van der Waals surface area contributed by atoms with E-state index in [0.29, 0.717) is 0 Å². The highest BCUT2D eigenvalue weighted by molar-refractivity contribution is 6.30. The van der Waals surface area contributed by atoms with E-state index >= 15 is 0 Å². The Kier molecular flexibility index (Phi) is 4.65. The van der Waals surface area contributed by atoms with Crippen molar-refractivity contribution in [1.29, 1.82) is 0 Å². The zero-order chi connectivity index (χ0) is 13.1. The van der Waals surface area contributed by atoms with Gasteiger partial charge in [-0.2, -0.15) is 5.10 Å². The van der Waals surface area contributed by atoms with E-state index in [2.05, 4.69) is 10.00 Å². The molecule has 4 nitrogen and oxygen atoms in total. The number of aryl methyl sites for hydroxylation is 2. The van der Waals surface area contributed by atoms with Gasteiger partial charge < -0.3 is 5.73 Å². The Labute approximate surface area is 114 Å². The molecule has 0 saturated carbocycles. The summed E-state index contributed by atoms with van der Waals surface area (Å²) in [5, 5.41) is 5.14. The summed E-state index contributed by atoms with van der Waals surface area (Å²) < 4.78 is 1.76. The van der Waals surface area contributed by atoms with Crippen LogP contribution < -0.4 is 5.73 Å². The van der Waals surface area contributed by atoms with Gasteiger partial charge in [0.1, 0.15) is 5.15 Å². The zero-order valence-electron chi connectivity index (χ0n) is 11.3. The summed E-state index contributed by atoms with van der Waals surface area (Å²) in [5.74, 6) is 0.750. The summed E-state index contributed by atoms with van der Waals surface area (Å²) in [7, 11) is 1.90. The molecule has 1 unspecified atom stereocenters. The quantitative estimate of drug-likeness (QED) is 0.910. The molecule has 1 aromatic heterocycles. The van der Waals surface area contributed by atoms with Gasteiger partial charge >= 0.3 is 0 Å². The van der Waals surface area contributed by atoms with Gasteiger partial charge in [-0.15, -0.1) is 0 Å². The number of hydrogen-bond acceptors (Lipinski definition) is 3. The predicted octanol–water partition coefficient (Wildman–Crippen LogP) is 1.94. The third-order valence-corrected chi connectivity index (χ3v) is 4.30. The van der Waals surface area contributed by atoms with Gasteiger partial charge in [-0.05, 0) is 45.2 Å². The standard InChI is InChI=1S/C13H23ClN4/c1-10-12(13(14)17(2)16-10)9-18-7-3-4-11(8-18)5-6-15/h11H,3-9,15H2,1-2H3. The molecular weight excluding hydrogens is 248 g/mol. The fraction of sp³-hybridized carbons (Fsp3) is 0.769. The van der Waals surface area contributed by atoms with Gasteiger partial charge in [-0.1, -0.05) is 11.6 Å². The highest BCUT2D eigenvalue weighted by Gasteiger charge is 2.21. The SMILES string of the molecule is Cc1nn(C)c(Cl)c1CN1CCCC(CCN)C1. The minimum Gasteiger partial charge on any atom is -0.330 e. The van der Waals surface area contributed by atoms with Crippen LogP contribution in [-0.4, -0.2) is 34.3 Å². The molecule has 2 N–H and O–H groups in total. The molecule has 2 heterocycles. The van der Waals surface area contributed by atoms with Crippen LogP contribution in [-0.2, 0) is 13.6 Å². The maximum atomic E-state index is 6.28. The van der Waals surface area contributed by atoms with Gasteiger partial charge in [0.15, 0.2) is 0 Å². The molecule has 1 aliphatic heterocycles. The summed E-state index contributed by atoms with van der Waals surface area (Å²) in [6, 6.07) is 0. The topological polar surface area (TPSA) is 47.1 Å². The molecule has 102 valence electrons. The molecule has 1 saturated heterocycles. The van der Waals surface area contributed by atoms with Crippen molar-refractivity contribution in [3.63, 3.8) is 0 Å². The fourth-order valence-corrected chi connectivity index (χ4v) is 3.08. The summed E-state index contributed by atoms with van der Waals surface area (Å²) in [5.41, 5.74) is 7.87. The van der Waals surface area contributed by atoms with Crippen LogP contribution in [0.25, 0.3) is 0 Å². The lowest BCUT2D eigenvalue weighted by Gasteiger charge is -2.32. The molecule has 2 rings (SSSR count). The minimum absolute atomic E-state index is 0.750. The normalized spacial score (nSPS) is 21.4. The lowest BCUT2D eigenvalue weighted by molar-refractivity contribution is 0.163. The number of halogens is 1. The second-order valence-corrected chi connectivity index (χ2v) is 5.66. The van der Waals surface area contributed by atoms with Gasteiger partial charge in [-0.25, -0.2) is 0 Å². The van der Waals surface area contributed by atoms with Crippen LogP contribution in [0.3, 0.4) is 0 Å². The van der Waals surface area contributed by atoms with Crippen molar-refractivity contribution in [2.24, 2.45) is 18.7 Å². The van der Waals surface area contributed by atoms with Crippen LogP contribution in [0, 0.1) is 12.8 Å². The Morgan fingerprint density at radius 2 is 2.28 bits per heavy atom. The summed E-state index contributed by atoms with van der Waals surface area (Å²) in [4.78, 5) is 2.49. The maximum Gasteiger partial charge on any atom is 0.131 e. The molecule has 0 radical (unpaired) electrons. The lowest BCUT2D eigenvalue weighted by atomic mass is 9.94. The molecule has 5 heteroatoms. The molecule has 1 aromatic rings. The zero-order valence-corrected chi connectivity index (χ0v) is 12.1. The van der Waals surface area contributed by atoms with Gasteiger partial charge in [0.2, 0.25) is 0 Å². The molecule has 0 spiro atoms. The highest BCUT2D eigenvalue weighted by Crippen LogP contribution is 2.25. The lowest BCUT2D eigenvalue weighted by Crippen LogP contribution is -2.35. The van der Waals surface area contributed by atoms with Crippen molar-refractivity contribution in [3.05, 3.63) is 16.4 Å². The Balaban J connectivity index is 2.00. The smallest absolute Gasteiger partial charge is 0.131 e. The third-order valence-electron chi connectivity index (χ3n) is 3.83. The second kappa shape index (κ2) is 6.04. The van der Waals surface area contributed by atoms with Gasteiger partial charge in [-0.3, -0.25) is 9.58 Å². The number of nitrogens with two attached hydrogens (primary N) is 1. The number of piperidine rings is 1. The van der Waals surface area contributed by atoms with Crippen molar-refractivity contribution >= 4 is 11.6 Å². The Bertz CT molecular complexity index is 400. The second-order valence-electron chi connectivity index (χ2n) is 5.30. The molecular formula is C13H23ClN4. The van der Waals surface area contributed by atoms with Crippen LogP contribution in [0.4, 0.5) is 0 Å². The number of likely N-dealkylation sites (tertiary alicyclic amines) is 1. The predicted molar refractivity (Wildman–Crippen MR) is 74.6 cm³/mol. The highest BCUT2D eigenvalue weighted by atomic mass is 35.5. The Morgan fingerprint density at radius 1 is 1.50 bits per heavy atom. The minimum atomic E-state index is 0.750. The fourth-order valence-electron chi connectivity index (χ4n) is 2.84. The number of hydrogen-bond donors (Lipinski definition) is 1. The van der Waals surface area contributed by atoms with E-state index in [-0.39, 0.29) is 0 Å². The van der Waals surface area contributed by atoms with E-state index in [1.165, 1.54) is 18.4 Å². The number of aromatic nitrogens is 2.